The van der Waals surface area contributed by atoms with Crippen molar-refractivity contribution >= 4 is 28.7 Å². The summed E-state index contributed by atoms with van der Waals surface area (Å²) >= 11 is 0. The Hall–Kier alpha value is -2.92. The van der Waals surface area contributed by atoms with Gasteiger partial charge in [0, 0.05) is 28.9 Å². The van der Waals surface area contributed by atoms with Crippen molar-refractivity contribution in [3.05, 3.63) is 35.8 Å². The fourth-order valence-electron chi connectivity index (χ4n) is 3.74. The van der Waals surface area contributed by atoms with E-state index in [1.54, 1.807) is 4.57 Å². The van der Waals surface area contributed by atoms with Gasteiger partial charge in [0.05, 0.1) is 26.3 Å². The van der Waals surface area contributed by atoms with Gasteiger partial charge in [-0.25, -0.2) is 23.1 Å². The summed E-state index contributed by atoms with van der Waals surface area (Å²) in [5.41, 5.74) is -0.148. The first-order chi connectivity index (χ1) is 17.0. The average molecular weight is 452 g/mol. The van der Waals surface area contributed by atoms with Gasteiger partial charge < -0.3 is 20.5 Å². The molecule has 2 aromatic heterocycles. The molecule has 0 radical (unpaired) electrons. The third-order valence-electron chi connectivity index (χ3n) is 5.32. The van der Waals surface area contributed by atoms with Crippen LogP contribution in [0.25, 0.3) is 11.2 Å². The molecule has 1 saturated carbocycles. The van der Waals surface area contributed by atoms with Crippen molar-refractivity contribution in [2.75, 3.05) is 23.8 Å². The highest BCUT2D eigenvalue weighted by molar-refractivity contribution is 5.76. The van der Waals surface area contributed by atoms with Crippen LogP contribution in [0.1, 0.15) is 43.6 Å². The molecule has 3 heterocycles. The molecule has 2 fully saturated rings. The van der Waals surface area contributed by atoms with Gasteiger partial charge in [0.15, 0.2) is 17.3 Å². The van der Waals surface area contributed by atoms with Crippen LogP contribution in [0.3, 0.4) is 0 Å². The van der Waals surface area contributed by atoms with Gasteiger partial charge in [0.1, 0.15) is 17.0 Å². The third-order valence-corrected chi connectivity index (χ3v) is 5.32. The smallest absolute Gasteiger partial charge is 0.224 e. The average Bonchev–Trinajstić information content (AvgIpc) is 3.41. The maximum Gasteiger partial charge on any atom is 0.224 e. The zero-order valence-corrected chi connectivity index (χ0v) is 16.8. The minimum atomic E-state index is -2.26. The number of anilines is 3. The van der Waals surface area contributed by atoms with Gasteiger partial charge in [0.2, 0.25) is 11.9 Å². The van der Waals surface area contributed by atoms with Crippen molar-refractivity contribution < 1.29 is 28.5 Å². The number of halogens is 3. The van der Waals surface area contributed by atoms with Crippen molar-refractivity contribution in [1.82, 2.24) is 19.5 Å². The van der Waals surface area contributed by atoms with Gasteiger partial charge in [-0.3, -0.25) is 4.57 Å². The largest absolute Gasteiger partial charge is 0.393 e. The molecule has 3 aromatic rings. The summed E-state index contributed by atoms with van der Waals surface area (Å²) in [4.78, 5) is 12.9. The lowest BCUT2D eigenvalue weighted by Gasteiger charge is -2.26. The number of nitrogens with zero attached hydrogens (tertiary/aromatic N) is 4. The number of hydrogen-bond acceptors (Lipinski definition) is 7. The predicted molar refractivity (Wildman–Crippen MR) is 111 cm³/mol. The van der Waals surface area contributed by atoms with Crippen molar-refractivity contribution in [2.45, 2.75) is 50.2 Å². The quantitative estimate of drug-likeness (QED) is 0.544. The Labute approximate surface area is 187 Å². The fourth-order valence-corrected chi connectivity index (χ4v) is 3.74. The number of benzene rings is 1. The van der Waals surface area contributed by atoms with Crippen LogP contribution < -0.4 is 10.6 Å². The van der Waals surface area contributed by atoms with E-state index >= 15 is 0 Å². The van der Waals surface area contributed by atoms with E-state index in [1.807, 2.05) is 0 Å². The molecule has 1 aromatic carbocycles. The first-order valence-corrected chi connectivity index (χ1v) is 10.1. The minimum absolute atomic E-state index is 0.00596. The highest BCUT2D eigenvalue weighted by atomic mass is 19.1. The molecule has 8 nitrogen and oxygen atoms in total. The highest BCUT2D eigenvalue weighted by Gasteiger charge is 2.27. The number of aliphatic hydroxyl groups is 1. The molecular weight excluding hydrogens is 425 g/mol. The Kier molecular flexibility index (Phi) is 4.45. The summed E-state index contributed by atoms with van der Waals surface area (Å²) in [6.07, 6.45) is -3.21. The molecule has 4 unspecified atom stereocenters. The van der Waals surface area contributed by atoms with E-state index in [1.165, 1.54) is 6.20 Å². The zero-order chi connectivity index (χ0) is 25.8. The number of imidazole rings is 1. The topological polar surface area (TPSA) is 97.1 Å². The van der Waals surface area contributed by atoms with Crippen LogP contribution in [0.5, 0.6) is 0 Å². The normalized spacial score (nSPS) is 31.6. The highest BCUT2D eigenvalue weighted by Crippen LogP contribution is 2.32. The molecule has 3 N–H and O–H groups in total. The number of rotatable bonds is 5. The molecule has 1 saturated heterocycles. The van der Waals surface area contributed by atoms with Crippen LogP contribution >= 0.6 is 0 Å². The van der Waals surface area contributed by atoms with Crippen molar-refractivity contribution in [2.24, 2.45) is 0 Å². The lowest BCUT2D eigenvalue weighted by atomic mass is 9.93. The Bertz CT molecular complexity index is 1290. The molecular formula is C21H23F3N6O2. The first-order valence-electron chi connectivity index (χ1n) is 12.2. The second kappa shape index (κ2) is 8.55. The van der Waals surface area contributed by atoms with Crippen molar-refractivity contribution in [3.8, 4) is 0 Å². The second-order valence-electron chi connectivity index (χ2n) is 7.61. The Morgan fingerprint density at radius 2 is 2.00 bits per heavy atom. The molecule has 0 spiro atoms. The molecule has 11 heteroatoms. The summed E-state index contributed by atoms with van der Waals surface area (Å²) in [5.74, 6) is -3.52. The summed E-state index contributed by atoms with van der Waals surface area (Å²) in [5, 5.41) is 15.1. The monoisotopic (exact) mass is 452 g/mol. The molecule has 0 bridgehead atoms. The van der Waals surface area contributed by atoms with Crippen LogP contribution in [0.4, 0.5) is 30.8 Å². The molecule has 5 rings (SSSR count). The van der Waals surface area contributed by atoms with E-state index in [4.69, 9.17) is 10.2 Å². The lowest BCUT2D eigenvalue weighted by molar-refractivity contribution is 0.126. The van der Waals surface area contributed by atoms with Crippen LogP contribution in [-0.2, 0) is 4.74 Å². The van der Waals surface area contributed by atoms with E-state index in [9.17, 15) is 18.3 Å². The van der Waals surface area contributed by atoms with Gasteiger partial charge in [-0.2, -0.15) is 4.98 Å². The number of aromatic nitrogens is 4. The molecule has 1 aliphatic heterocycles. The van der Waals surface area contributed by atoms with Gasteiger partial charge >= 0.3 is 0 Å². The van der Waals surface area contributed by atoms with E-state index in [0.717, 1.165) is 0 Å². The van der Waals surface area contributed by atoms with Gasteiger partial charge in [-0.15, -0.1) is 0 Å². The van der Waals surface area contributed by atoms with Crippen LogP contribution in [0.2, 0.25) is 0 Å². The van der Waals surface area contributed by atoms with Crippen LogP contribution in [-0.4, -0.2) is 50.0 Å². The van der Waals surface area contributed by atoms with Crippen LogP contribution in [0.15, 0.2) is 18.3 Å². The van der Waals surface area contributed by atoms with Crippen molar-refractivity contribution in [1.29, 1.82) is 0 Å². The Morgan fingerprint density at radius 3 is 2.72 bits per heavy atom. The SMILES string of the molecule is [2H]C1CC(O)CC([2H])([2H])C1([2H])Nc1ncc2nc(Nc3c(F)cc(F)cc3F)n(C3CCOC3)c2n1. The Morgan fingerprint density at radius 1 is 1.19 bits per heavy atom. The molecule has 32 heavy (non-hydrogen) atoms. The van der Waals surface area contributed by atoms with E-state index in [0.29, 0.717) is 25.2 Å². The summed E-state index contributed by atoms with van der Waals surface area (Å²) in [6, 6.07) is -1.39. The van der Waals surface area contributed by atoms with E-state index < -0.39 is 48.0 Å². The maximum atomic E-state index is 14.3. The van der Waals surface area contributed by atoms with E-state index in [2.05, 4.69) is 25.6 Å². The zero-order valence-electron chi connectivity index (χ0n) is 20.8. The van der Waals surface area contributed by atoms with Gasteiger partial charge in [-0.1, -0.05) is 0 Å². The first kappa shape index (κ1) is 16.7. The summed E-state index contributed by atoms with van der Waals surface area (Å²) in [7, 11) is 0. The van der Waals surface area contributed by atoms with Gasteiger partial charge in [0.25, 0.3) is 0 Å². The molecule has 0 amide bonds. The molecule has 4 atom stereocenters. The Balaban J connectivity index is 1.56. The summed E-state index contributed by atoms with van der Waals surface area (Å²) < 4.78 is 82.5. The number of hydrogen-bond donors (Lipinski definition) is 3. The van der Waals surface area contributed by atoms with Crippen molar-refractivity contribution in [3.63, 3.8) is 0 Å². The molecule has 170 valence electrons. The number of fused-ring (bicyclic) bond motifs is 1. The summed E-state index contributed by atoms with van der Waals surface area (Å²) in [6.45, 7) is 0.691. The fraction of sp³-hybridized carbons (Fsp3) is 0.476. The predicted octanol–water partition coefficient (Wildman–Crippen LogP) is 3.66. The lowest BCUT2D eigenvalue weighted by Crippen LogP contribution is -2.29. The van der Waals surface area contributed by atoms with E-state index in [-0.39, 0.29) is 48.6 Å². The number of aliphatic hydroxyl groups excluding tert-OH is 1. The minimum Gasteiger partial charge on any atom is -0.393 e. The standard InChI is InChI=1S/C21H23F3N6O2/c22-11-7-15(23)18(16(24)8-11)28-21-27-17-9-25-20(26-12-1-3-14(31)4-2-12)29-19(17)30(21)13-5-6-32-10-13/h7-9,12-14,31H,1-6,10H2,(H,27,28)(H,25,26,29)/i1D,2D2,12D. The second-order valence-corrected chi connectivity index (χ2v) is 7.61. The number of ether oxygens (including phenoxy) is 1. The molecule has 1 aliphatic carbocycles. The number of nitrogens with one attached hydrogen (secondary N) is 2. The van der Waals surface area contributed by atoms with Gasteiger partial charge in [-0.05, 0) is 32.0 Å². The molecule has 2 aliphatic rings. The van der Waals surface area contributed by atoms with Crippen LogP contribution in [0, 0.1) is 17.5 Å². The maximum absolute atomic E-state index is 14.3. The third kappa shape index (κ3) is 4.09.